The van der Waals surface area contributed by atoms with E-state index in [1.54, 1.807) is 25.2 Å². The Hall–Kier alpha value is -1.73. The van der Waals surface area contributed by atoms with Crippen LogP contribution in [-0.4, -0.2) is 40.0 Å². The Bertz CT molecular complexity index is 649. The average Bonchev–Trinajstić information content (AvgIpc) is 3.07. The lowest BCUT2D eigenvalue weighted by Crippen LogP contribution is -2.41. The fourth-order valence-corrected chi connectivity index (χ4v) is 3.86. The molecule has 0 aliphatic carbocycles. The predicted molar refractivity (Wildman–Crippen MR) is 84.0 cm³/mol. The molecule has 2 aromatic heterocycles. The molecule has 7 heteroatoms. The van der Waals surface area contributed by atoms with Crippen LogP contribution in [0.4, 0.5) is 0 Å². The zero-order valence-corrected chi connectivity index (χ0v) is 13.6. The van der Waals surface area contributed by atoms with E-state index in [2.05, 4.69) is 4.98 Å². The summed E-state index contributed by atoms with van der Waals surface area (Å²) in [4.78, 5) is 30.9. The number of rotatable bonds is 5. The predicted octanol–water partition coefficient (Wildman–Crippen LogP) is 3.12. The van der Waals surface area contributed by atoms with Crippen LogP contribution < -0.4 is 0 Å². The number of likely N-dealkylation sites (N-methyl/N-ethyl adjacent to an activating group) is 1. The Morgan fingerprint density at radius 3 is 2.71 bits per heavy atom. The van der Waals surface area contributed by atoms with Crippen LogP contribution in [0.2, 0.25) is 0 Å². The van der Waals surface area contributed by atoms with Crippen molar-refractivity contribution in [3.8, 4) is 9.88 Å². The van der Waals surface area contributed by atoms with E-state index in [0.717, 1.165) is 9.88 Å². The van der Waals surface area contributed by atoms with Crippen molar-refractivity contribution in [1.29, 1.82) is 0 Å². The smallest absolute Gasteiger partial charge is 0.326 e. The number of nitrogens with zero attached hydrogens (tertiary/aromatic N) is 2. The lowest BCUT2D eigenvalue weighted by atomic mass is 10.2. The molecular weight excluding hydrogens is 308 g/mol. The van der Waals surface area contributed by atoms with Crippen molar-refractivity contribution in [2.24, 2.45) is 0 Å². The van der Waals surface area contributed by atoms with Gasteiger partial charge in [0.15, 0.2) is 0 Å². The van der Waals surface area contributed by atoms with Crippen molar-refractivity contribution in [3.63, 3.8) is 0 Å². The SMILES string of the molecule is CCC(C(=O)O)N(C)C(=O)c1sc(-c2cccs2)nc1C. The second-order valence-corrected chi connectivity index (χ2v) is 6.54. The van der Waals surface area contributed by atoms with Gasteiger partial charge in [-0.2, -0.15) is 0 Å². The number of carbonyl (C=O) groups excluding carboxylic acids is 1. The van der Waals surface area contributed by atoms with Gasteiger partial charge in [-0.1, -0.05) is 13.0 Å². The first-order valence-corrected chi connectivity index (χ1v) is 8.16. The van der Waals surface area contributed by atoms with Crippen molar-refractivity contribution < 1.29 is 14.7 Å². The lowest BCUT2D eigenvalue weighted by molar-refractivity contribution is -0.142. The Balaban J connectivity index is 2.29. The second-order valence-electron chi connectivity index (χ2n) is 4.59. The first-order valence-electron chi connectivity index (χ1n) is 6.47. The number of thiazole rings is 1. The fourth-order valence-electron chi connectivity index (χ4n) is 2.02. The number of thiophene rings is 1. The molecule has 0 spiro atoms. The molecule has 5 nitrogen and oxygen atoms in total. The molecule has 0 bridgehead atoms. The molecule has 1 atom stereocenters. The molecule has 1 unspecified atom stereocenters. The van der Waals surface area contributed by atoms with Gasteiger partial charge in [-0.05, 0) is 24.8 Å². The number of aryl methyl sites for hydroxylation is 1. The molecule has 1 N–H and O–H groups in total. The third-order valence-electron chi connectivity index (χ3n) is 3.18. The largest absolute Gasteiger partial charge is 0.480 e. The Kier molecular flexibility index (Phi) is 4.74. The minimum absolute atomic E-state index is 0.290. The second kappa shape index (κ2) is 6.36. The van der Waals surface area contributed by atoms with Crippen LogP contribution in [0.1, 0.15) is 28.7 Å². The van der Waals surface area contributed by atoms with Gasteiger partial charge in [-0.25, -0.2) is 9.78 Å². The summed E-state index contributed by atoms with van der Waals surface area (Å²) in [6, 6.07) is 3.07. The maximum Gasteiger partial charge on any atom is 0.326 e. The molecule has 0 fully saturated rings. The fraction of sp³-hybridized carbons (Fsp3) is 0.357. The molecular formula is C14H16N2O3S2. The standard InChI is InChI=1S/C14H16N2O3S2/c1-4-9(14(18)19)16(3)13(17)11-8(2)15-12(21-11)10-6-5-7-20-10/h5-7,9H,4H2,1-3H3,(H,18,19). The van der Waals surface area contributed by atoms with Gasteiger partial charge in [0.1, 0.15) is 15.9 Å². The highest BCUT2D eigenvalue weighted by Crippen LogP contribution is 2.31. The Morgan fingerprint density at radius 2 is 2.19 bits per heavy atom. The summed E-state index contributed by atoms with van der Waals surface area (Å²) in [5, 5.41) is 11.9. The summed E-state index contributed by atoms with van der Waals surface area (Å²) in [5.74, 6) is -1.28. The van der Waals surface area contributed by atoms with E-state index in [9.17, 15) is 9.59 Å². The van der Waals surface area contributed by atoms with Gasteiger partial charge in [-0.3, -0.25) is 4.79 Å². The van der Waals surface area contributed by atoms with Crippen molar-refractivity contribution >= 4 is 34.6 Å². The van der Waals surface area contributed by atoms with Gasteiger partial charge in [-0.15, -0.1) is 22.7 Å². The molecule has 21 heavy (non-hydrogen) atoms. The van der Waals surface area contributed by atoms with Crippen LogP contribution in [0.5, 0.6) is 0 Å². The first-order chi connectivity index (χ1) is 9.95. The van der Waals surface area contributed by atoms with Crippen LogP contribution in [0, 0.1) is 6.92 Å². The monoisotopic (exact) mass is 324 g/mol. The summed E-state index contributed by atoms with van der Waals surface area (Å²) in [7, 11) is 1.52. The number of carboxylic acid groups (broad SMARTS) is 1. The van der Waals surface area contributed by atoms with Gasteiger partial charge in [0.05, 0.1) is 10.6 Å². The molecule has 0 radical (unpaired) electrons. The molecule has 0 saturated carbocycles. The van der Waals surface area contributed by atoms with Crippen LogP contribution in [0.3, 0.4) is 0 Å². The van der Waals surface area contributed by atoms with Gasteiger partial charge in [0, 0.05) is 7.05 Å². The number of carbonyl (C=O) groups is 2. The maximum absolute atomic E-state index is 12.5. The third-order valence-corrected chi connectivity index (χ3v) is 5.37. The van der Waals surface area contributed by atoms with Gasteiger partial charge >= 0.3 is 5.97 Å². The van der Waals surface area contributed by atoms with E-state index >= 15 is 0 Å². The van der Waals surface area contributed by atoms with Crippen LogP contribution in [0.25, 0.3) is 9.88 Å². The van der Waals surface area contributed by atoms with E-state index in [1.165, 1.54) is 23.3 Å². The average molecular weight is 324 g/mol. The van der Waals surface area contributed by atoms with Crippen molar-refractivity contribution in [2.75, 3.05) is 7.05 Å². The molecule has 0 aliphatic rings. The van der Waals surface area contributed by atoms with E-state index in [-0.39, 0.29) is 5.91 Å². The highest BCUT2D eigenvalue weighted by Gasteiger charge is 2.28. The summed E-state index contributed by atoms with van der Waals surface area (Å²) >= 11 is 2.87. The number of hydrogen-bond acceptors (Lipinski definition) is 5. The number of carboxylic acids is 1. The van der Waals surface area contributed by atoms with E-state index < -0.39 is 12.0 Å². The van der Waals surface area contributed by atoms with Gasteiger partial charge in [0.25, 0.3) is 5.91 Å². The minimum Gasteiger partial charge on any atom is -0.480 e. The highest BCUT2D eigenvalue weighted by molar-refractivity contribution is 7.22. The summed E-state index contributed by atoms with van der Waals surface area (Å²) < 4.78 is 0. The van der Waals surface area contributed by atoms with Crippen molar-refractivity contribution in [3.05, 3.63) is 28.1 Å². The molecule has 2 aromatic rings. The lowest BCUT2D eigenvalue weighted by Gasteiger charge is -2.23. The molecule has 0 aliphatic heterocycles. The number of aliphatic carboxylic acids is 1. The third kappa shape index (κ3) is 3.14. The van der Waals surface area contributed by atoms with Crippen LogP contribution >= 0.6 is 22.7 Å². The summed E-state index contributed by atoms with van der Waals surface area (Å²) in [6.45, 7) is 3.52. The number of hydrogen-bond donors (Lipinski definition) is 1. The first kappa shape index (κ1) is 15.7. The van der Waals surface area contributed by atoms with Crippen LogP contribution in [0.15, 0.2) is 17.5 Å². The molecule has 1 amide bonds. The normalized spacial score (nSPS) is 12.1. The minimum atomic E-state index is -0.992. The summed E-state index contributed by atoms with van der Waals surface area (Å²) in [5.41, 5.74) is 0.639. The molecule has 2 heterocycles. The maximum atomic E-state index is 12.5. The van der Waals surface area contributed by atoms with Crippen molar-refractivity contribution in [2.45, 2.75) is 26.3 Å². The zero-order valence-electron chi connectivity index (χ0n) is 12.0. The van der Waals surface area contributed by atoms with Gasteiger partial charge in [0.2, 0.25) is 0 Å². The number of amides is 1. The van der Waals surface area contributed by atoms with E-state index in [0.29, 0.717) is 17.0 Å². The quantitative estimate of drug-likeness (QED) is 0.917. The molecule has 0 saturated heterocycles. The molecule has 0 aromatic carbocycles. The van der Waals surface area contributed by atoms with E-state index in [4.69, 9.17) is 5.11 Å². The molecule has 2 rings (SSSR count). The van der Waals surface area contributed by atoms with Crippen LogP contribution in [-0.2, 0) is 4.79 Å². The molecule has 112 valence electrons. The topological polar surface area (TPSA) is 70.5 Å². The van der Waals surface area contributed by atoms with Gasteiger partial charge < -0.3 is 10.0 Å². The number of aromatic nitrogens is 1. The van der Waals surface area contributed by atoms with Crippen molar-refractivity contribution in [1.82, 2.24) is 9.88 Å². The summed E-state index contributed by atoms with van der Waals surface area (Å²) in [6.07, 6.45) is 0.368. The van der Waals surface area contributed by atoms with E-state index in [1.807, 2.05) is 17.5 Å². The Morgan fingerprint density at radius 1 is 1.48 bits per heavy atom. The Labute approximate surface area is 130 Å². The zero-order chi connectivity index (χ0) is 15.6. The highest BCUT2D eigenvalue weighted by atomic mass is 32.1.